The number of hydrogen-bond donors (Lipinski definition) is 2. The van der Waals surface area contributed by atoms with Gasteiger partial charge in [0.15, 0.2) is 0 Å². The second kappa shape index (κ2) is 7.43. The van der Waals surface area contributed by atoms with Crippen LogP contribution >= 0.6 is 0 Å². The molecule has 5 heteroatoms. The first-order chi connectivity index (χ1) is 10.1. The van der Waals surface area contributed by atoms with Gasteiger partial charge in [0.1, 0.15) is 0 Å². The molecule has 1 heterocycles. The van der Waals surface area contributed by atoms with E-state index in [4.69, 9.17) is 5.73 Å². The van der Waals surface area contributed by atoms with E-state index in [0.29, 0.717) is 12.6 Å². The Kier molecular flexibility index (Phi) is 5.59. The molecule has 1 atom stereocenters. The number of hydrogen-bond acceptors (Lipinski definition) is 3. The predicted molar refractivity (Wildman–Crippen MR) is 86.3 cm³/mol. The Balaban J connectivity index is 1.86. The number of likely N-dealkylation sites (tertiary alicyclic amines) is 1. The van der Waals surface area contributed by atoms with Crippen molar-refractivity contribution in [1.29, 1.82) is 0 Å². The van der Waals surface area contributed by atoms with E-state index in [1.807, 2.05) is 31.3 Å². The van der Waals surface area contributed by atoms with Crippen LogP contribution in [0.25, 0.3) is 0 Å². The van der Waals surface area contributed by atoms with E-state index in [1.54, 1.807) is 4.90 Å². The molecule has 2 rings (SSSR count). The summed E-state index contributed by atoms with van der Waals surface area (Å²) in [5.74, 6) is 0. The van der Waals surface area contributed by atoms with Gasteiger partial charge in [-0.3, -0.25) is 4.90 Å². The zero-order valence-electron chi connectivity index (χ0n) is 13.0. The minimum atomic E-state index is -0.0570. The Hall–Kier alpha value is -1.59. The molecule has 1 aromatic rings. The van der Waals surface area contributed by atoms with Crippen molar-refractivity contribution in [2.75, 3.05) is 32.0 Å². The second-order valence-corrected chi connectivity index (χ2v) is 5.64. The van der Waals surface area contributed by atoms with E-state index >= 15 is 0 Å². The van der Waals surface area contributed by atoms with Gasteiger partial charge in [0.25, 0.3) is 0 Å². The lowest BCUT2D eigenvalue weighted by molar-refractivity contribution is 0.191. The fraction of sp³-hybridized carbons (Fsp3) is 0.562. The van der Waals surface area contributed by atoms with Crippen molar-refractivity contribution in [2.45, 2.75) is 32.4 Å². The number of anilines is 1. The van der Waals surface area contributed by atoms with Crippen molar-refractivity contribution in [3.8, 4) is 0 Å². The highest BCUT2D eigenvalue weighted by molar-refractivity contribution is 5.89. The lowest BCUT2D eigenvalue weighted by Crippen LogP contribution is -2.42. The molecule has 1 aromatic carbocycles. The maximum absolute atomic E-state index is 12.2. The molecular formula is C16H26N4O. The second-order valence-electron chi connectivity index (χ2n) is 5.64. The molecular weight excluding hydrogens is 264 g/mol. The third-order valence-electron chi connectivity index (χ3n) is 4.18. The van der Waals surface area contributed by atoms with Crippen LogP contribution in [0.1, 0.15) is 25.3 Å². The number of nitrogens with one attached hydrogen (secondary N) is 1. The summed E-state index contributed by atoms with van der Waals surface area (Å²) in [5.41, 5.74) is 7.44. The lowest BCUT2D eigenvalue weighted by Gasteiger charge is -2.27. The fourth-order valence-corrected chi connectivity index (χ4v) is 2.86. The lowest BCUT2D eigenvalue weighted by atomic mass is 10.2. The van der Waals surface area contributed by atoms with E-state index < -0.39 is 0 Å². The van der Waals surface area contributed by atoms with Gasteiger partial charge in [0.05, 0.1) is 0 Å². The summed E-state index contributed by atoms with van der Waals surface area (Å²) in [6, 6.07) is 8.09. The summed E-state index contributed by atoms with van der Waals surface area (Å²) in [4.78, 5) is 16.4. The molecule has 1 unspecified atom stereocenters. The topological polar surface area (TPSA) is 61.6 Å². The van der Waals surface area contributed by atoms with Crippen LogP contribution in [0.2, 0.25) is 0 Å². The number of carbonyl (C=O) groups is 1. The van der Waals surface area contributed by atoms with Gasteiger partial charge in [-0.05, 0) is 43.6 Å². The zero-order valence-corrected chi connectivity index (χ0v) is 13.0. The maximum atomic E-state index is 12.2. The molecule has 0 aromatic heterocycles. The largest absolute Gasteiger partial charge is 0.326 e. The van der Waals surface area contributed by atoms with Crippen LogP contribution in [0.3, 0.4) is 0 Å². The summed E-state index contributed by atoms with van der Waals surface area (Å²) in [6.07, 6.45) is 2.41. The number of urea groups is 1. The molecule has 5 nitrogen and oxygen atoms in total. The van der Waals surface area contributed by atoms with Gasteiger partial charge < -0.3 is 16.0 Å². The molecule has 1 aliphatic heterocycles. The van der Waals surface area contributed by atoms with Crippen molar-refractivity contribution in [3.63, 3.8) is 0 Å². The number of likely N-dealkylation sites (N-methyl/N-ethyl adjacent to an activating group) is 2. The van der Waals surface area contributed by atoms with Crippen LogP contribution in [0.15, 0.2) is 24.3 Å². The summed E-state index contributed by atoms with van der Waals surface area (Å²) in [7, 11) is 1.86. The molecule has 0 spiro atoms. The predicted octanol–water partition coefficient (Wildman–Crippen LogP) is 2.09. The number of benzene rings is 1. The number of nitrogens with two attached hydrogens (primary N) is 1. The highest BCUT2D eigenvalue weighted by atomic mass is 16.2. The van der Waals surface area contributed by atoms with E-state index in [-0.39, 0.29) is 6.03 Å². The van der Waals surface area contributed by atoms with E-state index in [1.165, 1.54) is 12.8 Å². The van der Waals surface area contributed by atoms with Crippen molar-refractivity contribution in [3.05, 3.63) is 29.8 Å². The first-order valence-corrected chi connectivity index (χ1v) is 7.69. The summed E-state index contributed by atoms with van der Waals surface area (Å²) in [5, 5.41) is 2.93. The third-order valence-corrected chi connectivity index (χ3v) is 4.18. The van der Waals surface area contributed by atoms with Crippen LogP contribution in [0.4, 0.5) is 10.5 Å². The Bertz CT molecular complexity index is 460. The van der Waals surface area contributed by atoms with Gasteiger partial charge in [-0.25, -0.2) is 4.79 Å². The SMILES string of the molecule is CCN1CCCC1CN(C)C(=O)Nc1ccc(CN)cc1. The first-order valence-electron chi connectivity index (χ1n) is 7.69. The highest BCUT2D eigenvalue weighted by Crippen LogP contribution is 2.17. The van der Waals surface area contributed by atoms with Crippen LogP contribution in [0, 0.1) is 0 Å². The average Bonchev–Trinajstić information content (AvgIpc) is 2.95. The minimum Gasteiger partial charge on any atom is -0.326 e. The van der Waals surface area contributed by atoms with E-state index in [9.17, 15) is 4.79 Å². The molecule has 21 heavy (non-hydrogen) atoms. The molecule has 116 valence electrons. The van der Waals surface area contributed by atoms with Crippen LogP contribution in [0.5, 0.6) is 0 Å². The van der Waals surface area contributed by atoms with Gasteiger partial charge in [-0.1, -0.05) is 19.1 Å². The molecule has 2 amide bonds. The Morgan fingerprint density at radius 3 is 2.76 bits per heavy atom. The molecule has 1 fully saturated rings. The van der Waals surface area contributed by atoms with Crippen molar-refractivity contribution in [2.24, 2.45) is 5.73 Å². The van der Waals surface area contributed by atoms with Gasteiger partial charge in [0, 0.05) is 31.9 Å². The van der Waals surface area contributed by atoms with Gasteiger partial charge >= 0.3 is 6.03 Å². The first kappa shape index (κ1) is 15.8. The molecule has 0 radical (unpaired) electrons. The highest BCUT2D eigenvalue weighted by Gasteiger charge is 2.25. The van der Waals surface area contributed by atoms with Crippen LogP contribution in [-0.4, -0.2) is 48.6 Å². The Labute approximate surface area is 127 Å². The molecule has 3 N–H and O–H groups in total. The molecule has 0 saturated carbocycles. The van der Waals surface area contributed by atoms with Gasteiger partial charge in [0.2, 0.25) is 0 Å². The van der Waals surface area contributed by atoms with Crippen molar-refractivity contribution >= 4 is 11.7 Å². The zero-order chi connectivity index (χ0) is 15.2. The normalized spacial score (nSPS) is 18.7. The maximum Gasteiger partial charge on any atom is 0.321 e. The van der Waals surface area contributed by atoms with Crippen LogP contribution in [-0.2, 0) is 6.54 Å². The molecule has 1 aliphatic rings. The summed E-state index contributed by atoms with van der Waals surface area (Å²) < 4.78 is 0. The Morgan fingerprint density at radius 1 is 1.43 bits per heavy atom. The minimum absolute atomic E-state index is 0.0570. The number of carbonyl (C=O) groups excluding carboxylic acids is 1. The molecule has 0 bridgehead atoms. The average molecular weight is 290 g/mol. The molecule has 0 aliphatic carbocycles. The Morgan fingerprint density at radius 2 is 2.14 bits per heavy atom. The third kappa shape index (κ3) is 4.19. The summed E-state index contributed by atoms with van der Waals surface area (Å²) in [6.45, 7) is 5.68. The number of amides is 2. The molecule has 1 saturated heterocycles. The number of rotatable bonds is 5. The quantitative estimate of drug-likeness (QED) is 0.873. The van der Waals surface area contributed by atoms with E-state index in [2.05, 4.69) is 17.1 Å². The fourth-order valence-electron chi connectivity index (χ4n) is 2.86. The van der Waals surface area contributed by atoms with Crippen molar-refractivity contribution < 1.29 is 4.79 Å². The summed E-state index contributed by atoms with van der Waals surface area (Å²) >= 11 is 0. The standard InChI is InChI=1S/C16H26N4O/c1-3-20-10-4-5-15(20)12-19(2)16(21)18-14-8-6-13(11-17)7-9-14/h6-9,15H,3-5,10-12,17H2,1-2H3,(H,18,21). The van der Waals surface area contributed by atoms with Crippen molar-refractivity contribution in [1.82, 2.24) is 9.80 Å². The van der Waals surface area contributed by atoms with Gasteiger partial charge in [-0.2, -0.15) is 0 Å². The number of nitrogens with zero attached hydrogens (tertiary/aromatic N) is 2. The van der Waals surface area contributed by atoms with Crippen LogP contribution < -0.4 is 11.1 Å². The van der Waals surface area contributed by atoms with Gasteiger partial charge in [-0.15, -0.1) is 0 Å². The monoisotopic (exact) mass is 290 g/mol. The van der Waals surface area contributed by atoms with E-state index in [0.717, 1.165) is 30.9 Å². The smallest absolute Gasteiger partial charge is 0.321 e.